The first-order chi connectivity index (χ1) is 20.7. The second-order valence-corrected chi connectivity index (χ2v) is 12.1. The van der Waals surface area contributed by atoms with Gasteiger partial charge in [-0.05, 0) is 86.4 Å². The van der Waals surface area contributed by atoms with Crippen molar-refractivity contribution in [1.29, 1.82) is 0 Å². The monoisotopic (exact) mass is 593 g/mol. The van der Waals surface area contributed by atoms with E-state index in [0.717, 1.165) is 59.6 Å². The van der Waals surface area contributed by atoms with Crippen LogP contribution >= 0.6 is 11.6 Å². The molecule has 9 heteroatoms. The highest BCUT2D eigenvalue weighted by atomic mass is 35.5. The molecule has 0 saturated heterocycles. The van der Waals surface area contributed by atoms with Gasteiger partial charge < -0.3 is 20.8 Å². The highest BCUT2D eigenvalue weighted by molar-refractivity contribution is 6.31. The number of ketones is 2. The molecule has 1 amide bonds. The number of carbonyl (C=O) groups is 3. The molecule has 0 aliphatic heterocycles. The van der Waals surface area contributed by atoms with Gasteiger partial charge in [0.15, 0.2) is 5.78 Å². The number of rotatable bonds is 4. The molecule has 1 aromatic heterocycles. The molecule has 43 heavy (non-hydrogen) atoms. The average molecular weight is 594 g/mol. The number of hydrogen-bond donors (Lipinski definition) is 4. The fourth-order valence-electron chi connectivity index (χ4n) is 6.99. The van der Waals surface area contributed by atoms with Gasteiger partial charge in [0, 0.05) is 38.5 Å². The Morgan fingerprint density at radius 2 is 1.79 bits per heavy atom. The molecule has 3 aromatic carbocycles. The van der Waals surface area contributed by atoms with Crippen LogP contribution < -0.4 is 10.6 Å². The summed E-state index contributed by atoms with van der Waals surface area (Å²) in [5.41, 5.74) is 4.88. The van der Waals surface area contributed by atoms with Crippen molar-refractivity contribution in [3.63, 3.8) is 0 Å². The quantitative estimate of drug-likeness (QED) is 0.150. The van der Waals surface area contributed by atoms with E-state index < -0.39 is 23.2 Å². The smallest absolute Gasteiger partial charge is 0.252 e. The maximum atomic E-state index is 13.3. The third-order valence-electron chi connectivity index (χ3n) is 8.73. The maximum absolute atomic E-state index is 13.3. The average Bonchev–Trinajstić information content (AvgIpc) is 3.08. The minimum Gasteiger partial charge on any atom is -0.507 e. The van der Waals surface area contributed by atoms with Crippen molar-refractivity contribution in [2.24, 2.45) is 11.8 Å². The lowest BCUT2D eigenvalue weighted by atomic mass is 9.81. The van der Waals surface area contributed by atoms with E-state index in [1.165, 1.54) is 29.8 Å². The summed E-state index contributed by atoms with van der Waals surface area (Å²) in [6.07, 6.45) is 6.27. The van der Waals surface area contributed by atoms with E-state index in [4.69, 9.17) is 16.6 Å². The van der Waals surface area contributed by atoms with Crippen LogP contribution in [-0.4, -0.2) is 39.3 Å². The number of carbonyl (C=O) groups excluding carboxylic acids is 3. The predicted molar refractivity (Wildman–Crippen MR) is 163 cm³/mol. The molecule has 0 spiro atoms. The van der Waals surface area contributed by atoms with E-state index in [9.17, 15) is 24.6 Å². The van der Waals surface area contributed by atoms with Crippen molar-refractivity contribution in [2.45, 2.75) is 32.6 Å². The van der Waals surface area contributed by atoms with E-state index in [1.54, 1.807) is 0 Å². The Morgan fingerprint density at radius 1 is 0.977 bits per heavy atom. The number of anilines is 1. The summed E-state index contributed by atoms with van der Waals surface area (Å²) < 4.78 is 0. The van der Waals surface area contributed by atoms with Crippen LogP contribution in [0.15, 0.2) is 60.2 Å². The normalized spacial score (nSPS) is 18.7. The summed E-state index contributed by atoms with van der Waals surface area (Å²) >= 11 is 6.32. The molecule has 4 N–H and O–H groups in total. The largest absolute Gasteiger partial charge is 0.507 e. The van der Waals surface area contributed by atoms with Gasteiger partial charge in [-0.25, -0.2) is 0 Å². The molecule has 3 aliphatic carbocycles. The molecule has 4 aromatic rings. The summed E-state index contributed by atoms with van der Waals surface area (Å²) in [5, 5.41) is 28.7. The van der Waals surface area contributed by atoms with Crippen LogP contribution in [-0.2, 0) is 12.8 Å². The standard InChI is InChI=1S/C34H28ClN3O5/c1-16-7-17-9-18(8-16)11-25-23(10-17)31(21-6-5-20(35)14-26(21)38-25)36-15-37-34(43)19-12-24-30(28(40)13-19)33(42)29-22(32(24)41)3-2-4-27(29)39/h2-6,8,12-14,17-18,39-40H,7,9-11,15H2,1H3,(H,36,38)(H,37,43). The fourth-order valence-corrected chi connectivity index (χ4v) is 7.15. The Hall–Kier alpha value is -4.69. The van der Waals surface area contributed by atoms with Gasteiger partial charge in [-0.1, -0.05) is 35.4 Å². The minimum absolute atomic E-state index is 0.0244. The van der Waals surface area contributed by atoms with Crippen molar-refractivity contribution in [3.05, 3.63) is 104 Å². The van der Waals surface area contributed by atoms with Crippen LogP contribution in [0.3, 0.4) is 0 Å². The van der Waals surface area contributed by atoms with Crippen LogP contribution in [0.5, 0.6) is 11.5 Å². The second-order valence-electron chi connectivity index (χ2n) is 11.7. The first-order valence-electron chi connectivity index (χ1n) is 14.3. The number of amides is 1. The molecule has 1 heterocycles. The van der Waals surface area contributed by atoms with Crippen molar-refractivity contribution in [1.82, 2.24) is 10.3 Å². The number of phenolic OH excluding ortho intramolecular Hbond substituents is 2. The number of hydrogen-bond acceptors (Lipinski definition) is 7. The zero-order valence-electron chi connectivity index (χ0n) is 23.3. The van der Waals surface area contributed by atoms with Crippen LogP contribution in [0.4, 0.5) is 5.69 Å². The lowest BCUT2D eigenvalue weighted by Gasteiger charge is -2.24. The van der Waals surface area contributed by atoms with E-state index in [1.807, 2.05) is 18.2 Å². The fraction of sp³-hybridized carbons (Fsp3) is 0.235. The van der Waals surface area contributed by atoms with E-state index >= 15 is 0 Å². The molecule has 2 atom stereocenters. The first kappa shape index (κ1) is 27.2. The number of nitrogens with zero attached hydrogens (tertiary/aromatic N) is 1. The number of fused-ring (bicyclic) bond motifs is 6. The zero-order chi connectivity index (χ0) is 30.0. The van der Waals surface area contributed by atoms with Gasteiger partial charge >= 0.3 is 0 Å². The third kappa shape index (κ3) is 4.62. The molecule has 2 bridgehead atoms. The third-order valence-corrected chi connectivity index (χ3v) is 8.96. The molecule has 0 radical (unpaired) electrons. The van der Waals surface area contributed by atoms with Crippen molar-refractivity contribution < 1.29 is 24.6 Å². The lowest BCUT2D eigenvalue weighted by molar-refractivity contribution is 0.0952. The van der Waals surface area contributed by atoms with Gasteiger partial charge in [-0.15, -0.1) is 0 Å². The molecule has 216 valence electrons. The second kappa shape index (κ2) is 10.2. The van der Waals surface area contributed by atoms with Gasteiger partial charge in [0.05, 0.1) is 23.3 Å². The Balaban J connectivity index is 1.17. The molecular weight excluding hydrogens is 566 g/mol. The molecule has 8 nitrogen and oxygen atoms in total. The van der Waals surface area contributed by atoms with Crippen LogP contribution in [0.2, 0.25) is 5.02 Å². The van der Waals surface area contributed by atoms with Gasteiger partial charge in [0.1, 0.15) is 11.5 Å². The summed E-state index contributed by atoms with van der Waals surface area (Å²) in [5.74, 6) is -1.64. The highest BCUT2D eigenvalue weighted by Crippen LogP contribution is 2.41. The first-order valence-corrected chi connectivity index (χ1v) is 14.6. The molecule has 3 aliphatic rings. The number of benzene rings is 3. The Morgan fingerprint density at radius 3 is 2.63 bits per heavy atom. The summed E-state index contributed by atoms with van der Waals surface area (Å²) in [7, 11) is 0. The molecule has 0 fully saturated rings. The summed E-state index contributed by atoms with van der Waals surface area (Å²) in [6.45, 7) is 2.26. The molecule has 7 rings (SSSR count). The Labute approximate surface area is 252 Å². The summed E-state index contributed by atoms with van der Waals surface area (Å²) in [4.78, 5) is 44.5. The summed E-state index contributed by atoms with van der Waals surface area (Å²) in [6, 6.07) is 12.3. The number of phenols is 2. The SMILES string of the molecule is CC1=CC2Cc3nc4cc(Cl)ccc4c(NCNC(=O)c4cc(O)c5c(c4)C(=O)c4cccc(O)c4C5=O)c3CC(C1)C2. The van der Waals surface area contributed by atoms with Crippen molar-refractivity contribution in [2.75, 3.05) is 12.0 Å². The highest BCUT2D eigenvalue weighted by Gasteiger charge is 2.35. The zero-order valence-corrected chi connectivity index (χ0v) is 24.1. The lowest BCUT2D eigenvalue weighted by Crippen LogP contribution is -2.30. The molecule has 0 saturated carbocycles. The maximum Gasteiger partial charge on any atom is 0.252 e. The van der Waals surface area contributed by atoms with Gasteiger partial charge in [0.25, 0.3) is 5.91 Å². The van der Waals surface area contributed by atoms with E-state index in [-0.39, 0.29) is 40.2 Å². The Kier molecular flexibility index (Phi) is 6.47. The van der Waals surface area contributed by atoms with Crippen molar-refractivity contribution in [3.8, 4) is 11.5 Å². The number of aromatic nitrogens is 1. The number of pyridine rings is 1. The number of aromatic hydroxyl groups is 2. The topological polar surface area (TPSA) is 129 Å². The van der Waals surface area contributed by atoms with Crippen LogP contribution in [0.1, 0.15) is 73.2 Å². The van der Waals surface area contributed by atoms with E-state index in [2.05, 4.69) is 23.6 Å². The minimum atomic E-state index is -0.672. The van der Waals surface area contributed by atoms with Gasteiger partial charge in [0.2, 0.25) is 5.78 Å². The van der Waals surface area contributed by atoms with Crippen LogP contribution in [0.25, 0.3) is 10.9 Å². The number of allylic oxidation sites excluding steroid dienone is 2. The Bertz CT molecular complexity index is 1930. The van der Waals surface area contributed by atoms with Crippen molar-refractivity contribution >= 4 is 45.7 Å². The van der Waals surface area contributed by atoms with Gasteiger partial charge in [-0.3, -0.25) is 19.4 Å². The number of halogens is 1. The number of nitrogens with one attached hydrogen (secondary N) is 2. The van der Waals surface area contributed by atoms with Gasteiger partial charge in [-0.2, -0.15) is 0 Å². The van der Waals surface area contributed by atoms with Crippen LogP contribution in [0, 0.1) is 11.8 Å². The molecular formula is C34H28ClN3O5. The molecule has 2 unspecified atom stereocenters. The van der Waals surface area contributed by atoms with E-state index in [0.29, 0.717) is 16.9 Å². The predicted octanol–water partition coefficient (Wildman–Crippen LogP) is 5.95.